The lowest BCUT2D eigenvalue weighted by Gasteiger charge is -2.00. The van der Waals surface area contributed by atoms with Gasteiger partial charge >= 0.3 is 0 Å². The Morgan fingerprint density at radius 3 is 2.82 bits per heavy atom. The molecule has 1 heteroatoms. The van der Waals surface area contributed by atoms with Crippen LogP contribution in [-0.4, -0.2) is 4.98 Å². The van der Waals surface area contributed by atoms with Gasteiger partial charge in [0.25, 0.3) is 0 Å². The molecule has 58 valence electrons. The average Bonchev–Trinajstić information content (AvgIpc) is 2.05. The number of pyridine rings is 1. The molecule has 0 N–H and O–H groups in total. The quantitative estimate of drug-likeness (QED) is 0.626. The molecule has 0 aromatic carbocycles. The van der Waals surface area contributed by atoms with E-state index >= 15 is 0 Å². The Kier molecular flexibility index (Phi) is 2.42. The molecule has 0 amide bonds. The van der Waals surface area contributed by atoms with Crippen molar-refractivity contribution >= 4 is 5.57 Å². The Balaban J connectivity index is 3.01. The van der Waals surface area contributed by atoms with Gasteiger partial charge < -0.3 is 0 Å². The maximum absolute atomic E-state index is 4.12. The Labute approximate surface area is 67.8 Å². The Hall–Kier alpha value is -1.11. The number of aromatic nitrogens is 1. The molecule has 1 heterocycles. The van der Waals surface area contributed by atoms with E-state index in [0.29, 0.717) is 0 Å². The van der Waals surface area contributed by atoms with Crippen molar-refractivity contribution in [3.63, 3.8) is 0 Å². The largest absolute Gasteiger partial charge is 0.264 e. The molecule has 0 atom stereocenters. The smallest absolute Gasteiger partial charge is 0.0342 e. The Morgan fingerprint density at radius 2 is 2.27 bits per heavy atom. The van der Waals surface area contributed by atoms with Crippen molar-refractivity contribution in [1.82, 2.24) is 4.98 Å². The number of hydrogen-bond donors (Lipinski definition) is 0. The van der Waals surface area contributed by atoms with Crippen molar-refractivity contribution in [3.05, 3.63) is 36.2 Å². The Morgan fingerprint density at radius 1 is 1.55 bits per heavy atom. The third-order valence-corrected chi connectivity index (χ3v) is 1.70. The van der Waals surface area contributed by atoms with Gasteiger partial charge in [0.2, 0.25) is 0 Å². The maximum atomic E-state index is 4.12. The summed E-state index contributed by atoms with van der Waals surface area (Å²) in [4.78, 5) is 4.12. The monoisotopic (exact) mass is 147 g/mol. The van der Waals surface area contributed by atoms with E-state index in [-0.39, 0.29) is 0 Å². The first-order valence-corrected chi connectivity index (χ1v) is 3.84. The molecule has 0 aliphatic carbocycles. The first-order valence-electron chi connectivity index (χ1n) is 3.84. The molecule has 0 spiro atoms. The van der Waals surface area contributed by atoms with Crippen LogP contribution in [0.4, 0.5) is 0 Å². The molecule has 0 bridgehead atoms. The molecule has 0 saturated carbocycles. The van der Waals surface area contributed by atoms with Gasteiger partial charge in [-0.25, -0.2) is 0 Å². The summed E-state index contributed by atoms with van der Waals surface area (Å²) in [5, 5.41) is 0. The van der Waals surface area contributed by atoms with Gasteiger partial charge in [0.15, 0.2) is 0 Å². The molecule has 0 radical (unpaired) electrons. The van der Waals surface area contributed by atoms with Gasteiger partial charge in [-0.2, -0.15) is 0 Å². The number of nitrogens with zero attached hydrogens (tertiary/aromatic N) is 1. The van der Waals surface area contributed by atoms with Gasteiger partial charge in [-0.05, 0) is 36.1 Å². The zero-order chi connectivity index (χ0) is 8.27. The molecule has 11 heavy (non-hydrogen) atoms. The lowest BCUT2D eigenvalue weighted by molar-refractivity contribution is 1.10. The van der Waals surface area contributed by atoms with E-state index < -0.39 is 0 Å². The summed E-state index contributed by atoms with van der Waals surface area (Å²) in [6.45, 7) is 7.98. The van der Waals surface area contributed by atoms with Crippen molar-refractivity contribution < 1.29 is 0 Å². The van der Waals surface area contributed by atoms with E-state index in [9.17, 15) is 0 Å². The molecule has 0 saturated heterocycles. The number of hydrogen-bond acceptors (Lipinski definition) is 1. The lowest BCUT2D eigenvalue weighted by atomic mass is 10.1. The predicted octanol–water partition coefficient (Wildman–Crippen LogP) is 2.68. The molecule has 1 nitrogen and oxygen atoms in total. The van der Waals surface area contributed by atoms with Crippen molar-refractivity contribution in [1.29, 1.82) is 0 Å². The molecule has 0 aliphatic rings. The highest BCUT2D eigenvalue weighted by Gasteiger charge is 1.94. The van der Waals surface area contributed by atoms with Crippen molar-refractivity contribution in [2.75, 3.05) is 0 Å². The molecule has 1 rings (SSSR count). The first kappa shape index (κ1) is 7.99. The summed E-state index contributed by atoms with van der Waals surface area (Å²) >= 11 is 0. The van der Waals surface area contributed by atoms with Gasteiger partial charge in [0.1, 0.15) is 0 Å². The van der Waals surface area contributed by atoms with Crippen LogP contribution in [0.5, 0.6) is 0 Å². The fourth-order valence-corrected chi connectivity index (χ4v) is 0.914. The zero-order valence-corrected chi connectivity index (χ0v) is 7.09. The van der Waals surface area contributed by atoms with Gasteiger partial charge in [0.05, 0.1) is 0 Å². The van der Waals surface area contributed by atoms with Crippen molar-refractivity contribution in [2.45, 2.75) is 20.3 Å². The van der Waals surface area contributed by atoms with Gasteiger partial charge in [0, 0.05) is 12.4 Å². The SMILES string of the molecule is C=C(C)c1cncc(CC)c1. The van der Waals surface area contributed by atoms with Crippen LogP contribution in [0.25, 0.3) is 5.57 Å². The van der Waals surface area contributed by atoms with E-state index in [2.05, 4.69) is 24.6 Å². The lowest BCUT2D eigenvalue weighted by Crippen LogP contribution is -1.86. The highest BCUT2D eigenvalue weighted by Crippen LogP contribution is 2.11. The van der Waals surface area contributed by atoms with E-state index in [1.807, 2.05) is 19.3 Å². The number of allylic oxidation sites excluding steroid dienone is 1. The van der Waals surface area contributed by atoms with Crippen LogP contribution in [0, 0.1) is 0 Å². The van der Waals surface area contributed by atoms with Crippen LogP contribution < -0.4 is 0 Å². The van der Waals surface area contributed by atoms with Crippen LogP contribution in [-0.2, 0) is 6.42 Å². The summed E-state index contributed by atoms with van der Waals surface area (Å²) in [6, 6.07) is 2.13. The van der Waals surface area contributed by atoms with Crippen LogP contribution >= 0.6 is 0 Å². The second-order valence-electron chi connectivity index (χ2n) is 2.72. The van der Waals surface area contributed by atoms with Gasteiger partial charge in [-0.3, -0.25) is 4.98 Å². The van der Waals surface area contributed by atoms with Crippen LogP contribution in [0.3, 0.4) is 0 Å². The second kappa shape index (κ2) is 3.33. The first-order chi connectivity index (χ1) is 5.24. The second-order valence-corrected chi connectivity index (χ2v) is 2.72. The summed E-state index contributed by atoms with van der Waals surface area (Å²) in [5.74, 6) is 0. The number of rotatable bonds is 2. The van der Waals surface area contributed by atoms with Gasteiger partial charge in [-0.15, -0.1) is 0 Å². The Bertz CT molecular complexity index is 263. The molecule has 0 fully saturated rings. The van der Waals surface area contributed by atoms with E-state index in [4.69, 9.17) is 0 Å². The average molecular weight is 147 g/mol. The normalized spacial score (nSPS) is 9.64. The molecular weight excluding hydrogens is 134 g/mol. The molecule has 0 unspecified atom stereocenters. The highest BCUT2D eigenvalue weighted by atomic mass is 14.6. The maximum Gasteiger partial charge on any atom is 0.0342 e. The fraction of sp³-hybridized carbons (Fsp3) is 0.300. The van der Waals surface area contributed by atoms with Crippen LogP contribution in [0.1, 0.15) is 25.0 Å². The minimum absolute atomic E-state index is 1.04. The summed E-state index contributed by atoms with van der Waals surface area (Å²) in [5.41, 5.74) is 3.49. The molecular formula is C10H13N. The standard InChI is InChI=1S/C10H13N/c1-4-9-5-10(8(2)3)7-11-6-9/h5-7H,2,4H2,1,3H3. The van der Waals surface area contributed by atoms with E-state index in [1.165, 1.54) is 5.56 Å². The molecule has 1 aromatic heterocycles. The zero-order valence-electron chi connectivity index (χ0n) is 7.09. The van der Waals surface area contributed by atoms with Crippen LogP contribution in [0.2, 0.25) is 0 Å². The number of aryl methyl sites for hydroxylation is 1. The summed E-state index contributed by atoms with van der Waals surface area (Å²) < 4.78 is 0. The van der Waals surface area contributed by atoms with Gasteiger partial charge in [-0.1, -0.05) is 13.5 Å². The minimum atomic E-state index is 1.04. The third kappa shape index (κ3) is 1.90. The summed E-state index contributed by atoms with van der Waals surface area (Å²) in [7, 11) is 0. The van der Waals surface area contributed by atoms with E-state index in [0.717, 1.165) is 17.6 Å². The molecule has 1 aromatic rings. The fourth-order valence-electron chi connectivity index (χ4n) is 0.914. The topological polar surface area (TPSA) is 12.9 Å². The highest BCUT2D eigenvalue weighted by molar-refractivity contribution is 5.60. The molecule has 0 aliphatic heterocycles. The van der Waals surface area contributed by atoms with Crippen molar-refractivity contribution in [3.8, 4) is 0 Å². The van der Waals surface area contributed by atoms with Crippen molar-refractivity contribution in [2.24, 2.45) is 0 Å². The van der Waals surface area contributed by atoms with E-state index in [1.54, 1.807) is 0 Å². The minimum Gasteiger partial charge on any atom is -0.264 e. The third-order valence-electron chi connectivity index (χ3n) is 1.70. The summed E-state index contributed by atoms with van der Waals surface area (Å²) in [6.07, 6.45) is 4.78. The van der Waals surface area contributed by atoms with Crippen LogP contribution in [0.15, 0.2) is 25.0 Å². The predicted molar refractivity (Wildman–Crippen MR) is 48.3 cm³/mol.